The van der Waals surface area contributed by atoms with Gasteiger partial charge in [-0.2, -0.15) is 0 Å². The van der Waals surface area contributed by atoms with Crippen LogP contribution in [0.2, 0.25) is 0 Å². The van der Waals surface area contributed by atoms with Crippen molar-refractivity contribution in [2.24, 2.45) is 5.73 Å². The third kappa shape index (κ3) is 3.67. The number of carboxylic acid groups (broad SMARTS) is 1. The number of nitrogens with one attached hydrogen (secondary N) is 1. The van der Waals surface area contributed by atoms with Crippen LogP contribution in [0.3, 0.4) is 0 Å². The Bertz CT molecular complexity index is 544. The summed E-state index contributed by atoms with van der Waals surface area (Å²) in [4.78, 5) is 32.3. The molecule has 1 unspecified atom stereocenters. The average Bonchev–Trinajstić information content (AvgIpc) is 2.37. The van der Waals surface area contributed by atoms with Gasteiger partial charge in [-0.15, -0.1) is 0 Å². The van der Waals surface area contributed by atoms with Crippen LogP contribution in [0.25, 0.3) is 0 Å². The van der Waals surface area contributed by atoms with E-state index in [-0.39, 0.29) is 16.9 Å². The number of anilines is 1. The van der Waals surface area contributed by atoms with E-state index in [1.54, 1.807) is 0 Å². The molecule has 0 aromatic heterocycles. The summed E-state index contributed by atoms with van der Waals surface area (Å²) in [7, 11) is 0. The zero-order chi connectivity index (χ0) is 15.3. The SMILES string of the molecule is CCCC(Nc1ccc(C(N)=O)cc1[N+](=O)[O-])C(=O)O. The summed E-state index contributed by atoms with van der Waals surface area (Å²) >= 11 is 0. The maximum absolute atomic E-state index is 11.0. The number of hydrogen-bond acceptors (Lipinski definition) is 5. The van der Waals surface area contributed by atoms with Gasteiger partial charge in [0.05, 0.1) is 4.92 Å². The van der Waals surface area contributed by atoms with Gasteiger partial charge < -0.3 is 16.2 Å². The van der Waals surface area contributed by atoms with Crippen molar-refractivity contribution in [1.29, 1.82) is 0 Å². The quantitative estimate of drug-likeness (QED) is 0.510. The summed E-state index contributed by atoms with van der Waals surface area (Å²) in [5, 5.41) is 22.6. The van der Waals surface area contributed by atoms with Crippen molar-refractivity contribution in [2.75, 3.05) is 5.32 Å². The van der Waals surface area contributed by atoms with Gasteiger partial charge in [0.25, 0.3) is 5.69 Å². The molecule has 0 aliphatic heterocycles. The van der Waals surface area contributed by atoms with Crippen LogP contribution in [0.1, 0.15) is 30.1 Å². The van der Waals surface area contributed by atoms with Gasteiger partial charge in [-0.25, -0.2) is 4.79 Å². The molecule has 0 saturated carbocycles. The molecule has 1 aromatic carbocycles. The first-order valence-corrected chi connectivity index (χ1v) is 5.94. The van der Waals surface area contributed by atoms with Crippen molar-refractivity contribution in [1.82, 2.24) is 0 Å². The second kappa shape index (κ2) is 6.50. The van der Waals surface area contributed by atoms with E-state index in [0.29, 0.717) is 12.8 Å². The number of benzene rings is 1. The Morgan fingerprint density at radius 1 is 1.50 bits per heavy atom. The van der Waals surface area contributed by atoms with E-state index >= 15 is 0 Å². The molecule has 0 radical (unpaired) electrons. The molecule has 0 spiro atoms. The van der Waals surface area contributed by atoms with Gasteiger partial charge >= 0.3 is 5.97 Å². The number of nitrogens with two attached hydrogens (primary N) is 1. The molecular weight excluding hydrogens is 266 g/mol. The Hall–Kier alpha value is -2.64. The van der Waals surface area contributed by atoms with Crippen molar-refractivity contribution in [2.45, 2.75) is 25.8 Å². The molecule has 4 N–H and O–H groups in total. The third-order valence-corrected chi connectivity index (χ3v) is 2.68. The van der Waals surface area contributed by atoms with Gasteiger partial charge in [0.2, 0.25) is 5.91 Å². The van der Waals surface area contributed by atoms with E-state index in [1.807, 2.05) is 6.92 Å². The number of carbonyl (C=O) groups excluding carboxylic acids is 1. The van der Waals surface area contributed by atoms with Gasteiger partial charge in [0, 0.05) is 11.6 Å². The van der Waals surface area contributed by atoms with E-state index in [1.165, 1.54) is 12.1 Å². The first kappa shape index (κ1) is 15.4. The monoisotopic (exact) mass is 281 g/mol. The highest BCUT2D eigenvalue weighted by atomic mass is 16.6. The molecule has 0 saturated heterocycles. The second-order valence-electron chi connectivity index (χ2n) is 4.18. The summed E-state index contributed by atoms with van der Waals surface area (Å²) in [5.74, 6) is -1.89. The molecule has 108 valence electrons. The smallest absolute Gasteiger partial charge is 0.326 e. The molecule has 8 nitrogen and oxygen atoms in total. The minimum Gasteiger partial charge on any atom is -0.480 e. The maximum Gasteiger partial charge on any atom is 0.326 e. The minimum absolute atomic E-state index is 0.00961. The molecule has 1 rings (SSSR count). The number of carbonyl (C=O) groups is 2. The summed E-state index contributed by atoms with van der Waals surface area (Å²) in [6, 6.07) is 2.68. The van der Waals surface area contributed by atoms with Gasteiger partial charge in [-0.05, 0) is 18.6 Å². The molecular formula is C12H15N3O5. The Labute approximate surface area is 114 Å². The number of primary amides is 1. The van der Waals surface area contributed by atoms with Crippen LogP contribution in [0.5, 0.6) is 0 Å². The van der Waals surface area contributed by atoms with Crippen molar-refractivity contribution in [3.63, 3.8) is 0 Å². The first-order valence-electron chi connectivity index (χ1n) is 5.94. The lowest BCUT2D eigenvalue weighted by atomic mass is 10.1. The topological polar surface area (TPSA) is 136 Å². The number of rotatable bonds is 7. The second-order valence-corrected chi connectivity index (χ2v) is 4.18. The van der Waals surface area contributed by atoms with E-state index in [0.717, 1.165) is 6.07 Å². The predicted molar refractivity (Wildman–Crippen MR) is 71.6 cm³/mol. The van der Waals surface area contributed by atoms with Gasteiger partial charge in [0.15, 0.2) is 0 Å². The lowest BCUT2D eigenvalue weighted by molar-refractivity contribution is -0.384. The van der Waals surface area contributed by atoms with Gasteiger partial charge in [0.1, 0.15) is 11.7 Å². The van der Waals surface area contributed by atoms with Crippen molar-refractivity contribution < 1.29 is 19.6 Å². The molecule has 0 fully saturated rings. The molecule has 1 amide bonds. The minimum atomic E-state index is -1.10. The fourth-order valence-corrected chi connectivity index (χ4v) is 1.69. The van der Waals surface area contributed by atoms with Crippen LogP contribution < -0.4 is 11.1 Å². The lowest BCUT2D eigenvalue weighted by Gasteiger charge is -2.15. The lowest BCUT2D eigenvalue weighted by Crippen LogP contribution is -2.29. The highest BCUT2D eigenvalue weighted by Gasteiger charge is 2.22. The van der Waals surface area contributed by atoms with E-state index in [9.17, 15) is 19.7 Å². The van der Waals surface area contributed by atoms with Crippen LogP contribution in [-0.2, 0) is 4.79 Å². The summed E-state index contributed by atoms with van der Waals surface area (Å²) < 4.78 is 0. The summed E-state index contributed by atoms with van der Waals surface area (Å²) in [6.07, 6.45) is 0.932. The Morgan fingerprint density at radius 3 is 2.60 bits per heavy atom. The van der Waals surface area contributed by atoms with Crippen molar-refractivity contribution in [3.05, 3.63) is 33.9 Å². The van der Waals surface area contributed by atoms with Crippen LogP contribution >= 0.6 is 0 Å². The number of aliphatic carboxylic acids is 1. The summed E-state index contributed by atoms with van der Waals surface area (Å²) in [5.41, 5.74) is 4.70. The molecule has 0 heterocycles. The largest absolute Gasteiger partial charge is 0.480 e. The van der Waals surface area contributed by atoms with Crippen LogP contribution in [-0.4, -0.2) is 27.9 Å². The highest BCUT2D eigenvalue weighted by molar-refractivity contribution is 5.94. The molecule has 0 aliphatic rings. The zero-order valence-electron chi connectivity index (χ0n) is 10.8. The molecule has 20 heavy (non-hydrogen) atoms. The Morgan fingerprint density at radius 2 is 2.15 bits per heavy atom. The average molecular weight is 281 g/mol. The fraction of sp³-hybridized carbons (Fsp3) is 0.333. The standard InChI is InChI=1S/C12H15N3O5/c1-2-3-9(12(17)18)14-8-5-4-7(11(13)16)6-10(8)15(19)20/h4-6,9,14H,2-3H2,1H3,(H2,13,16)(H,17,18). The van der Waals surface area contributed by atoms with Crippen molar-refractivity contribution >= 4 is 23.3 Å². The van der Waals surface area contributed by atoms with E-state index in [4.69, 9.17) is 10.8 Å². The Balaban J connectivity index is 3.13. The van der Waals surface area contributed by atoms with E-state index in [2.05, 4.69) is 5.32 Å². The summed E-state index contributed by atoms with van der Waals surface area (Å²) in [6.45, 7) is 1.81. The number of carboxylic acids is 1. The fourth-order valence-electron chi connectivity index (χ4n) is 1.69. The molecule has 1 aromatic rings. The first-order chi connectivity index (χ1) is 9.36. The third-order valence-electron chi connectivity index (χ3n) is 2.68. The predicted octanol–water partition coefficient (Wildman–Crippen LogP) is 1.36. The molecule has 8 heteroatoms. The van der Waals surface area contributed by atoms with Crippen LogP contribution in [0.15, 0.2) is 18.2 Å². The Kier molecular flexibility index (Phi) is 5.01. The number of nitro benzene ring substituents is 1. The van der Waals surface area contributed by atoms with Crippen molar-refractivity contribution in [3.8, 4) is 0 Å². The highest BCUT2D eigenvalue weighted by Crippen LogP contribution is 2.26. The number of nitrogens with zero attached hydrogens (tertiary/aromatic N) is 1. The normalized spacial score (nSPS) is 11.7. The zero-order valence-corrected chi connectivity index (χ0v) is 10.8. The molecule has 0 bridgehead atoms. The van der Waals surface area contributed by atoms with E-state index < -0.39 is 22.8 Å². The molecule has 0 aliphatic carbocycles. The van der Waals surface area contributed by atoms with Gasteiger partial charge in [-0.3, -0.25) is 14.9 Å². The van der Waals surface area contributed by atoms with Gasteiger partial charge in [-0.1, -0.05) is 13.3 Å². The van der Waals surface area contributed by atoms with Crippen LogP contribution in [0.4, 0.5) is 11.4 Å². The molecule has 1 atom stereocenters. The number of nitro groups is 1. The van der Waals surface area contributed by atoms with Crippen LogP contribution in [0, 0.1) is 10.1 Å². The maximum atomic E-state index is 11.0. The number of hydrogen-bond donors (Lipinski definition) is 3. The number of amides is 1.